The second-order valence-corrected chi connectivity index (χ2v) is 4.17. The molecular weight excluding hydrogens is 208 g/mol. The zero-order chi connectivity index (χ0) is 11.8. The Kier molecular flexibility index (Phi) is 6.37. The summed E-state index contributed by atoms with van der Waals surface area (Å²) in [7, 11) is 0. The average Bonchev–Trinajstić information content (AvgIpc) is 2.25. The van der Waals surface area contributed by atoms with Crippen LogP contribution >= 0.6 is 0 Å². The Labute approximate surface area is 96.9 Å². The molecule has 1 aliphatic heterocycles. The zero-order valence-electron chi connectivity index (χ0n) is 10.1. The van der Waals surface area contributed by atoms with E-state index in [1.807, 2.05) is 13.8 Å². The minimum Gasteiger partial charge on any atom is -0.377 e. The standard InChI is InChI=1S/C11H22N2O3/c1-9(2)15-6-4-13-11(14)7-10-8-12-3-5-16-10/h9-10,12H,3-8H2,1-2H3,(H,13,14). The third-order valence-corrected chi connectivity index (χ3v) is 2.29. The van der Waals surface area contributed by atoms with E-state index in [2.05, 4.69) is 10.6 Å². The lowest BCUT2D eigenvalue weighted by molar-refractivity contribution is -0.124. The van der Waals surface area contributed by atoms with Crippen molar-refractivity contribution in [3.8, 4) is 0 Å². The Hall–Kier alpha value is -0.650. The molecule has 1 saturated heterocycles. The van der Waals surface area contributed by atoms with E-state index in [0.29, 0.717) is 26.2 Å². The van der Waals surface area contributed by atoms with Crippen molar-refractivity contribution in [3.63, 3.8) is 0 Å². The molecule has 0 aliphatic carbocycles. The van der Waals surface area contributed by atoms with Crippen LogP contribution in [-0.4, -0.2) is 51.0 Å². The van der Waals surface area contributed by atoms with E-state index >= 15 is 0 Å². The molecule has 16 heavy (non-hydrogen) atoms. The van der Waals surface area contributed by atoms with Gasteiger partial charge in [-0.3, -0.25) is 4.79 Å². The number of carbonyl (C=O) groups excluding carboxylic acids is 1. The Balaban J connectivity index is 2.01. The number of carbonyl (C=O) groups is 1. The molecular formula is C11H22N2O3. The van der Waals surface area contributed by atoms with Crippen LogP contribution in [0.3, 0.4) is 0 Å². The van der Waals surface area contributed by atoms with Gasteiger partial charge >= 0.3 is 0 Å². The van der Waals surface area contributed by atoms with Crippen LogP contribution in [0.2, 0.25) is 0 Å². The molecule has 1 aliphatic rings. The first-order valence-corrected chi connectivity index (χ1v) is 5.89. The van der Waals surface area contributed by atoms with Crippen molar-refractivity contribution in [1.29, 1.82) is 0 Å². The van der Waals surface area contributed by atoms with Crippen molar-refractivity contribution in [2.24, 2.45) is 0 Å². The van der Waals surface area contributed by atoms with E-state index in [9.17, 15) is 4.79 Å². The third-order valence-electron chi connectivity index (χ3n) is 2.29. The van der Waals surface area contributed by atoms with Crippen LogP contribution in [0, 0.1) is 0 Å². The monoisotopic (exact) mass is 230 g/mol. The van der Waals surface area contributed by atoms with Gasteiger partial charge in [0.15, 0.2) is 0 Å². The van der Waals surface area contributed by atoms with Gasteiger partial charge in [0.25, 0.3) is 0 Å². The van der Waals surface area contributed by atoms with Crippen LogP contribution in [0.5, 0.6) is 0 Å². The Morgan fingerprint density at radius 3 is 3.06 bits per heavy atom. The summed E-state index contributed by atoms with van der Waals surface area (Å²) in [5.41, 5.74) is 0. The van der Waals surface area contributed by atoms with Crippen LogP contribution in [-0.2, 0) is 14.3 Å². The third kappa shape index (κ3) is 6.05. The summed E-state index contributed by atoms with van der Waals surface area (Å²) >= 11 is 0. The molecule has 1 atom stereocenters. The van der Waals surface area contributed by atoms with Gasteiger partial charge in [0.1, 0.15) is 0 Å². The van der Waals surface area contributed by atoms with Crippen LogP contribution in [0.1, 0.15) is 20.3 Å². The molecule has 1 rings (SSSR count). The van der Waals surface area contributed by atoms with Crippen molar-refractivity contribution in [1.82, 2.24) is 10.6 Å². The Bertz CT molecular complexity index is 203. The van der Waals surface area contributed by atoms with Gasteiger partial charge < -0.3 is 20.1 Å². The van der Waals surface area contributed by atoms with Gasteiger partial charge in [0.2, 0.25) is 5.91 Å². The molecule has 0 radical (unpaired) electrons. The molecule has 0 aromatic carbocycles. The highest BCUT2D eigenvalue weighted by atomic mass is 16.5. The second-order valence-electron chi connectivity index (χ2n) is 4.17. The highest BCUT2D eigenvalue weighted by Gasteiger charge is 2.16. The molecule has 0 saturated carbocycles. The van der Waals surface area contributed by atoms with Gasteiger partial charge in [0, 0.05) is 19.6 Å². The van der Waals surface area contributed by atoms with Gasteiger partial charge in [-0.15, -0.1) is 0 Å². The normalized spacial score (nSPS) is 21.1. The molecule has 1 amide bonds. The second kappa shape index (κ2) is 7.60. The summed E-state index contributed by atoms with van der Waals surface area (Å²) in [6, 6.07) is 0. The van der Waals surface area contributed by atoms with Crippen LogP contribution < -0.4 is 10.6 Å². The zero-order valence-corrected chi connectivity index (χ0v) is 10.1. The Morgan fingerprint density at radius 2 is 2.44 bits per heavy atom. The van der Waals surface area contributed by atoms with E-state index in [4.69, 9.17) is 9.47 Å². The van der Waals surface area contributed by atoms with Crippen molar-refractivity contribution >= 4 is 5.91 Å². The Morgan fingerprint density at radius 1 is 1.62 bits per heavy atom. The van der Waals surface area contributed by atoms with Crippen molar-refractivity contribution in [2.45, 2.75) is 32.5 Å². The quantitative estimate of drug-likeness (QED) is 0.626. The minimum absolute atomic E-state index is 0.0137. The lowest BCUT2D eigenvalue weighted by Crippen LogP contribution is -2.41. The van der Waals surface area contributed by atoms with E-state index in [0.717, 1.165) is 13.1 Å². The smallest absolute Gasteiger partial charge is 0.222 e. The van der Waals surface area contributed by atoms with Gasteiger partial charge in [-0.25, -0.2) is 0 Å². The van der Waals surface area contributed by atoms with Crippen molar-refractivity contribution in [2.75, 3.05) is 32.8 Å². The summed E-state index contributed by atoms with van der Waals surface area (Å²) in [5, 5.41) is 6.01. The maximum atomic E-state index is 11.5. The SMILES string of the molecule is CC(C)OCCNC(=O)CC1CNCCO1. The maximum Gasteiger partial charge on any atom is 0.222 e. The molecule has 1 unspecified atom stereocenters. The minimum atomic E-state index is 0.0137. The lowest BCUT2D eigenvalue weighted by Gasteiger charge is -2.23. The number of morpholine rings is 1. The van der Waals surface area contributed by atoms with E-state index in [1.54, 1.807) is 0 Å². The van der Waals surface area contributed by atoms with Crippen molar-refractivity contribution < 1.29 is 14.3 Å². The number of amides is 1. The largest absolute Gasteiger partial charge is 0.377 e. The number of hydrogen-bond donors (Lipinski definition) is 2. The van der Waals surface area contributed by atoms with Crippen LogP contribution in [0.25, 0.3) is 0 Å². The highest BCUT2D eigenvalue weighted by molar-refractivity contribution is 5.76. The summed E-state index contributed by atoms with van der Waals surface area (Å²) in [6.07, 6.45) is 0.650. The van der Waals surface area contributed by atoms with E-state index in [-0.39, 0.29) is 18.1 Å². The summed E-state index contributed by atoms with van der Waals surface area (Å²) in [5.74, 6) is 0.0288. The summed E-state index contributed by atoms with van der Waals surface area (Å²) < 4.78 is 10.8. The van der Waals surface area contributed by atoms with Crippen LogP contribution in [0.4, 0.5) is 0 Å². The number of rotatable bonds is 6. The summed E-state index contributed by atoms with van der Waals surface area (Å²) in [6.45, 7) is 7.40. The fourth-order valence-corrected chi connectivity index (χ4v) is 1.51. The fourth-order valence-electron chi connectivity index (χ4n) is 1.51. The topological polar surface area (TPSA) is 59.6 Å². The average molecular weight is 230 g/mol. The van der Waals surface area contributed by atoms with Crippen LogP contribution in [0.15, 0.2) is 0 Å². The molecule has 5 nitrogen and oxygen atoms in total. The number of nitrogens with one attached hydrogen (secondary N) is 2. The molecule has 2 N–H and O–H groups in total. The molecule has 0 aromatic rings. The number of ether oxygens (including phenoxy) is 2. The maximum absolute atomic E-state index is 11.5. The summed E-state index contributed by atoms with van der Waals surface area (Å²) in [4.78, 5) is 11.5. The lowest BCUT2D eigenvalue weighted by atomic mass is 10.2. The predicted molar refractivity (Wildman–Crippen MR) is 61.3 cm³/mol. The fraction of sp³-hybridized carbons (Fsp3) is 0.909. The highest BCUT2D eigenvalue weighted by Crippen LogP contribution is 2.00. The van der Waals surface area contributed by atoms with Gasteiger partial charge in [-0.05, 0) is 13.8 Å². The predicted octanol–water partition coefficient (Wildman–Crippen LogP) is -0.0939. The van der Waals surface area contributed by atoms with Gasteiger partial charge in [0.05, 0.1) is 31.8 Å². The van der Waals surface area contributed by atoms with Gasteiger partial charge in [-0.2, -0.15) is 0 Å². The van der Waals surface area contributed by atoms with E-state index in [1.165, 1.54) is 0 Å². The molecule has 0 aromatic heterocycles. The molecule has 94 valence electrons. The molecule has 1 fully saturated rings. The number of hydrogen-bond acceptors (Lipinski definition) is 4. The first kappa shape index (κ1) is 13.4. The molecule has 1 heterocycles. The van der Waals surface area contributed by atoms with Crippen molar-refractivity contribution in [3.05, 3.63) is 0 Å². The first-order valence-electron chi connectivity index (χ1n) is 5.89. The van der Waals surface area contributed by atoms with E-state index < -0.39 is 0 Å². The molecule has 0 bridgehead atoms. The van der Waals surface area contributed by atoms with Gasteiger partial charge in [-0.1, -0.05) is 0 Å². The molecule has 5 heteroatoms. The molecule has 0 spiro atoms. The first-order chi connectivity index (χ1) is 7.68.